The highest BCUT2D eigenvalue weighted by Crippen LogP contribution is 2.13. The van der Waals surface area contributed by atoms with Crippen molar-refractivity contribution in [2.75, 3.05) is 6.54 Å². The van der Waals surface area contributed by atoms with Crippen molar-refractivity contribution < 1.29 is 23.8 Å². The van der Waals surface area contributed by atoms with Gasteiger partial charge in [0.05, 0.1) is 5.56 Å². The number of benzene rings is 2. The van der Waals surface area contributed by atoms with Crippen LogP contribution in [0.2, 0.25) is 0 Å². The molecular weight excluding hydrogens is 313 g/mol. The molecule has 0 bridgehead atoms. The minimum Gasteiger partial charge on any atom is -0.478 e. The second-order valence-corrected chi connectivity index (χ2v) is 4.88. The predicted molar refractivity (Wildman–Crippen MR) is 87.0 cm³/mol. The molecule has 0 aliphatic heterocycles. The van der Waals surface area contributed by atoms with Crippen molar-refractivity contribution >= 4 is 18.1 Å². The fraction of sp³-hybridized carbons (Fsp3) is 0.111. The average molecular weight is 329 g/mol. The third-order valence-corrected chi connectivity index (χ3v) is 3.12. The van der Waals surface area contributed by atoms with Crippen LogP contribution in [0.1, 0.15) is 21.5 Å². The number of halogens is 1. The Bertz CT molecular complexity index is 744. The lowest BCUT2D eigenvalue weighted by Crippen LogP contribution is -2.24. The topological polar surface area (TPSA) is 75.6 Å². The highest BCUT2D eigenvalue weighted by atomic mass is 19.1. The lowest BCUT2D eigenvalue weighted by Gasteiger charge is -2.05. The first kappa shape index (κ1) is 17.2. The summed E-state index contributed by atoms with van der Waals surface area (Å²) in [6, 6.07) is 12.7. The molecule has 0 saturated heterocycles. The van der Waals surface area contributed by atoms with Crippen molar-refractivity contribution in [1.29, 1.82) is 0 Å². The van der Waals surface area contributed by atoms with E-state index in [-0.39, 0.29) is 18.7 Å². The number of ether oxygens (including phenoxy) is 1. The summed E-state index contributed by atoms with van der Waals surface area (Å²) < 4.78 is 18.1. The molecule has 0 heterocycles. The third-order valence-electron chi connectivity index (χ3n) is 3.12. The lowest BCUT2D eigenvalue weighted by atomic mass is 10.1. The van der Waals surface area contributed by atoms with E-state index in [4.69, 9.17) is 9.84 Å². The number of carboxylic acids is 1. The van der Waals surface area contributed by atoms with Gasteiger partial charge in [0.2, 0.25) is 0 Å². The highest BCUT2D eigenvalue weighted by molar-refractivity contribution is 5.92. The SMILES string of the molecule is O=C(NCC=Cc1ccc(F)cc1C(=O)O)OCc1ccccc1. The van der Waals surface area contributed by atoms with Crippen LogP contribution in [0, 0.1) is 5.82 Å². The Hall–Kier alpha value is -3.15. The quantitative estimate of drug-likeness (QED) is 0.851. The molecule has 2 aromatic rings. The number of hydrogen-bond donors (Lipinski definition) is 2. The number of nitrogens with one attached hydrogen (secondary N) is 1. The van der Waals surface area contributed by atoms with Crippen molar-refractivity contribution in [3.8, 4) is 0 Å². The number of carbonyl (C=O) groups is 2. The molecule has 0 aromatic heterocycles. The molecule has 0 atom stereocenters. The Morgan fingerprint density at radius 2 is 1.92 bits per heavy atom. The standard InChI is InChI=1S/C18H16FNO4/c19-15-9-8-14(16(11-15)17(21)22)7-4-10-20-18(23)24-12-13-5-2-1-3-6-13/h1-9,11H,10,12H2,(H,20,23)(H,21,22). The van der Waals surface area contributed by atoms with E-state index in [1.54, 1.807) is 6.08 Å². The number of hydrogen-bond acceptors (Lipinski definition) is 3. The molecule has 1 amide bonds. The number of alkyl carbamates (subject to hydrolysis) is 1. The zero-order valence-electron chi connectivity index (χ0n) is 12.7. The molecule has 5 nitrogen and oxygen atoms in total. The minimum absolute atomic E-state index is 0.141. The predicted octanol–water partition coefficient (Wildman–Crippen LogP) is 3.46. The van der Waals surface area contributed by atoms with Crippen LogP contribution >= 0.6 is 0 Å². The molecule has 0 saturated carbocycles. The summed E-state index contributed by atoms with van der Waals surface area (Å²) in [4.78, 5) is 22.6. The minimum atomic E-state index is -1.22. The van der Waals surface area contributed by atoms with E-state index in [0.29, 0.717) is 5.56 Å². The van der Waals surface area contributed by atoms with Gasteiger partial charge in [-0.25, -0.2) is 14.0 Å². The Labute approximate surface area is 138 Å². The maximum absolute atomic E-state index is 13.1. The zero-order chi connectivity index (χ0) is 17.4. The summed E-state index contributed by atoms with van der Waals surface area (Å²) >= 11 is 0. The van der Waals surface area contributed by atoms with Crippen LogP contribution in [-0.2, 0) is 11.3 Å². The summed E-state index contributed by atoms with van der Waals surface area (Å²) in [6.07, 6.45) is 2.48. The van der Waals surface area contributed by atoms with E-state index in [9.17, 15) is 14.0 Å². The fourth-order valence-electron chi connectivity index (χ4n) is 1.96. The molecule has 2 rings (SSSR count). The van der Waals surface area contributed by atoms with Crippen LogP contribution in [0.5, 0.6) is 0 Å². The molecule has 0 fully saturated rings. The van der Waals surface area contributed by atoms with Crippen LogP contribution in [0.15, 0.2) is 54.6 Å². The van der Waals surface area contributed by atoms with E-state index in [1.165, 1.54) is 18.2 Å². The molecule has 0 aliphatic carbocycles. The molecule has 24 heavy (non-hydrogen) atoms. The first-order valence-corrected chi connectivity index (χ1v) is 7.20. The van der Waals surface area contributed by atoms with Gasteiger partial charge in [0, 0.05) is 6.54 Å². The fourth-order valence-corrected chi connectivity index (χ4v) is 1.96. The van der Waals surface area contributed by atoms with Gasteiger partial charge in [-0.05, 0) is 23.3 Å². The normalized spacial score (nSPS) is 10.5. The van der Waals surface area contributed by atoms with Crippen molar-refractivity contribution in [1.82, 2.24) is 5.32 Å². The Balaban J connectivity index is 1.82. The van der Waals surface area contributed by atoms with Crippen LogP contribution < -0.4 is 5.32 Å². The molecular formula is C18H16FNO4. The number of rotatable bonds is 6. The van der Waals surface area contributed by atoms with E-state index < -0.39 is 17.9 Å². The summed E-state index contributed by atoms with van der Waals surface area (Å²) in [5, 5.41) is 11.5. The van der Waals surface area contributed by atoms with Crippen LogP contribution in [0.25, 0.3) is 6.08 Å². The van der Waals surface area contributed by atoms with Gasteiger partial charge in [0.25, 0.3) is 0 Å². The molecule has 2 N–H and O–H groups in total. The largest absolute Gasteiger partial charge is 0.478 e. The van der Waals surface area contributed by atoms with Gasteiger partial charge in [-0.3, -0.25) is 0 Å². The summed E-state index contributed by atoms with van der Waals surface area (Å²) in [7, 11) is 0. The van der Waals surface area contributed by atoms with Gasteiger partial charge >= 0.3 is 12.1 Å². The summed E-state index contributed by atoms with van der Waals surface area (Å²) in [5.74, 6) is -1.84. The molecule has 124 valence electrons. The lowest BCUT2D eigenvalue weighted by molar-refractivity contribution is 0.0696. The Kier molecular flexibility index (Phi) is 6.08. The van der Waals surface area contributed by atoms with Crippen molar-refractivity contribution in [3.63, 3.8) is 0 Å². The number of amides is 1. The van der Waals surface area contributed by atoms with E-state index in [0.717, 1.165) is 11.6 Å². The van der Waals surface area contributed by atoms with Crippen LogP contribution in [0.4, 0.5) is 9.18 Å². The average Bonchev–Trinajstić information content (AvgIpc) is 2.58. The molecule has 0 aliphatic rings. The van der Waals surface area contributed by atoms with Gasteiger partial charge in [0.15, 0.2) is 0 Å². The molecule has 0 spiro atoms. The van der Waals surface area contributed by atoms with Crippen LogP contribution in [0.3, 0.4) is 0 Å². The van der Waals surface area contributed by atoms with Crippen LogP contribution in [-0.4, -0.2) is 23.7 Å². The van der Waals surface area contributed by atoms with Crippen molar-refractivity contribution in [2.45, 2.75) is 6.61 Å². The first-order chi connectivity index (χ1) is 11.6. The Morgan fingerprint density at radius 3 is 2.62 bits per heavy atom. The maximum Gasteiger partial charge on any atom is 0.407 e. The molecule has 2 aromatic carbocycles. The summed E-state index contributed by atoms with van der Waals surface area (Å²) in [6.45, 7) is 0.321. The van der Waals surface area contributed by atoms with Gasteiger partial charge in [-0.2, -0.15) is 0 Å². The van der Waals surface area contributed by atoms with E-state index in [2.05, 4.69) is 5.32 Å². The van der Waals surface area contributed by atoms with Gasteiger partial charge in [-0.1, -0.05) is 48.6 Å². The second kappa shape index (κ2) is 8.47. The second-order valence-electron chi connectivity index (χ2n) is 4.88. The monoisotopic (exact) mass is 329 g/mol. The van der Waals surface area contributed by atoms with Gasteiger partial charge in [-0.15, -0.1) is 0 Å². The number of aromatic carboxylic acids is 1. The van der Waals surface area contributed by atoms with E-state index >= 15 is 0 Å². The van der Waals surface area contributed by atoms with Crippen molar-refractivity contribution in [3.05, 3.63) is 77.1 Å². The highest BCUT2D eigenvalue weighted by Gasteiger charge is 2.09. The molecule has 0 radical (unpaired) electrons. The van der Waals surface area contributed by atoms with Gasteiger partial charge in [0.1, 0.15) is 12.4 Å². The number of carboxylic acid groups (broad SMARTS) is 1. The molecule has 6 heteroatoms. The Morgan fingerprint density at radius 1 is 1.17 bits per heavy atom. The zero-order valence-corrected chi connectivity index (χ0v) is 12.7. The smallest absolute Gasteiger partial charge is 0.407 e. The molecule has 0 unspecified atom stereocenters. The summed E-state index contributed by atoms with van der Waals surface area (Å²) in [5.41, 5.74) is 1.09. The van der Waals surface area contributed by atoms with Gasteiger partial charge < -0.3 is 15.2 Å². The third kappa shape index (κ3) is 5.24. The van der Waals surface area contributed by atoms with Crippen molar-refractivity contribution in [2.24, 2.45) is 0 Å². The first-order valence-electron chi connectivity index (χ1n) is 7.20. The van der Waals surface area contributed by atoms with E-state index in [1.807, 2.05) is 30.3 Å². The maximum atomic E-state index is 13.1. The number of carbonyl (C=O) groups excluding carboxylic acids is 1.